The molecule has 0 atom stereocenters. The van der Waals surface area contributed by atoms with Gasteiger partial charge in [0.25, 0.3) is 0 Å². The van der Waals surface area contributed by atoms with Gasteiger partial charge in [-0.25, -0.2) is 0 Å². The molecule has 0 saturated heterocycles. The minimum atomic E-state index is 0.798. The number of nitrogens with zero attached hydrogens (tertiary/aromatic N) is 1. The molecule has 0 bridgehead atoms. The molecule has 0 saturated carbocycles. The molecule has 0 amide bonds. The molecule has 2 aromatic rings. The Balaban J connectivity index is 2.18. The summed E-state index contributed by atoms with van der Waals surface area (Å²) in [4.78, 5) is 4.86. The molecule has 86 valence electrons. The van der Waals surface area contributed by atoms with Crippen molar-refractivity contribution >= 4 is 34.7 Å². The Labute approximate surface area is 110 Å². The van der Waals surface area contributed by atoms with Crippen molar-refractivity contribution in [1.82, 2.24) is 0 Å². The molecule has 3 heteroatoms. The monoisotopic (exact) mass is 261 g/mol. The van der Waals surface area contributed by atoms with Crippen LogP contribution >= 0.6 is 23.4 Å². The van der Waals surface area contributed by atoms with Crippen molar-refractivity contribution in [1.29, 1.82) is 0 Å². The van der Waals surface area contributed by atoms with E-state index in [1.54, 1.807) is 11.8 Å². The van der Waals surface area contributed by atoms with Gasteiger partial charge in [-0.15, -0.1) is 0 Å². The fraction of sp³-hybridized carbons (Fsp3) is 0.143. The van der Waals surface area contributed by atoms with Crippen molar-refractivity contribution in [3.63, 3.8) is 0 Å². The van der Waals surface area contributed by atoms with Gasteiger partial charge >= 0.3 is 0 Å². The smallest absolute Gasteiger partial charge is 0.0553 e. The van der Waals surface area contributed by atoms with Crippen molar-refractivity contribution in [2.45, 2.75) is 16.7 Å². The van der Waals surface area contributed by atoms with Gasteiger partial charge in [0.15, 0.2) is 0 Å². The Morgan fingerprint density at radius 2 is 1.82 bits per heavy atom. The van der Waals surface area contributed by atoms with Crippen molar-refractivity contribution in [2.24, 2.45) is 0 Å². The zero-order valence-electron chi connectivity index (χ0n) is 9.48. The molecule has 1 aliphatic heterocycles. The molecule has 3 rings (SSSR count). The number of hydrogen-bond acceptors (Lipinski definition) is 2. The molecule has 0 aromatic heterocycles. The van der Waals surface area contributed by atoms with Crippen LogP contribution in [0.1, 0.15) is 6.92 Å². The largest absolute Gasteiger partial charge is 0.340 e. The maximum Gasteiger partial charge on any atom is 0.0553 e. The average Bonchev–Trinajstić information content (AvgIpc) is 2.35. The molecule has 2 aromatic carbocycles. The lowest BCUT2D eigenvalue weighted by Gasteiger charge is -2.31. The van der Waals surface area contributed by atoms with Crippen LogP contribution in [0.5, 0.6) is 0 Å². The van der Waals surface area contributed by atoms with Crippen LogP contribution in [0.3, 0.4) is 0 Å². The van der Waals surface area contributed by atoms with Crippen LogP contribution in [0.4, 0.5) is 11.4 Å². The topological polar surface area (TPSA) is 3.24 Å². The van der Waals surface area contributed by atoms with Crippen molar-refractivity contribution in [3.8, 4) is 0 Å². The van der Waals surface area contributed by atoms with Gasteiger partial charge in [-0.1, -0.05) is 35.5 Å². The van der Waals surface area contributed by atoms with E-state index in [0.29, 0.717) is 0 Å². The van der Waals surface area contributed by atoms with E-state index in [9.17, 15) is 0 Å². The lowest BCUT2D eigenvalue weighted by atomic mass is 10.2. The quantitative estimate of drug-likeness (QED) is 0.714. The van der Waals surface area contributed by atoms with Crippen LogP contribution in [0.2, 0.25) is 5.02 Å². The van der Waals surface area contributed by atoms with Gasteiger partial charge in [0.05, 0.1) is 11.4 Å². The zero-order chi connectivity index (χ0) is 11.8. The minimum Gasteiger partial charge on any atom is -0.340 e. The Bertz CT molecular complexity index is 568. The number of para-hydroxylation sites is 1. The number of fused-ring (bicyclic) bond motifs is 2. The van der Waals surface area contributed by atoms with E-state index in [1.165, 1.54) is 21.2 Å². The van der Waals surface area contributed by atoms with E-state index in [0.717, 1.165) is 11.6 Å². The summed E-state index contributed by atoms with van der Waals surface area (Å²) in [6.07, 6.45) is 0. The normalized spacial score (nSPS) is 13.2. The first-order chi connectivity index (χ1) is 8.29. The van der Waals surface area contributed by atoms with Gasteiger partial charge in [-0.2, -0.15) is 0 Å². The summed E-state index contributed by atoms with van der Waals surface area (Å²) in [6.45, 7) is 3.14. The first-order valence-corrected chi connectivity index (χ1v) is 6.83. The van der Waals surface area contributed by atoms with Crippen LogP contribution in [-0.4, -0.2) is 6.54 Å². The van der Waals surface area contributed by atoms with Crippen molar-refractivity contribution in [3.05, 3.63) is 47.5 Å². The fourth-order valence-corrected chi connectivity index (χ4v) is 3.52. The molecule has 0 unspecified atom stereocenters. The maximum absolute atomic E-state index is 6.06. The lowest BCUT2D eigenvalue weighted by Crippen LogP contribution is -2.19. The van der Waals surface area contributed by atoms with E-state index in [1.807, 2.05) is 12.1 Å². The highest BCUT2D eigenvalue weighted by Crippen LogP contribution is 2.48. The third kappa shape index (κ3) is 1.81. The highest BCUT2D eigenvalue weighted by atomic mass is 35.5. The second kappa shape index (κ2) is 4.28. The SMILES string of the molecule is CCN1c2ccccc2Sc2cc(Cl)ccc21. The molecular formula is C14H12ClNS. The molecular weight excluding hydrogens is 250 g/mol. The van der Waals surface area contributed by atoms with Crippen molar-refractivity contribution in [2.75, 3.05) is 11.4 Å². The Hall–Kier alpha value is -1.12. The van der Waals surface area contributed by atoms with E-state index < -0.39 is 0 Å². The zero-order valence-corrected chi connectivity index (χ0v) is 11.1. The van der Waals surface area contributed by atoms with Crippen LogP contribution < -0.4 is 4.90 Å². The molecule has 1 aliphatic rings. The van der Waals surface area contributed by atoms with E-state index in [4.69, 9.17) is 11.6 Å². The summed E-state index contributed by atoms with van der Waals surface area (Å²) in [7, 11) is 0. The third-order valence-corrected chi connectivity index (χ3v) is 4.25. The second-order valence-electron chi connectivity index (χ2n) is 3.93. The van der Waals surface area contributed by atoms with Gasteiger partial charge in [0, 0.05) is 21.4 Å². The number of halogens is 1. The lowest BCUT2D eigenvalue weighted by molar-refractivity contribution is 0.979. The molecule has 17 heavy (non-hydrogen) atoms. The number of hydrogen-bond donors (Lipinski definition) is 0. The molecule has 0 radical (unpaired) electrons. The summed E-state index contributed by atoms with van der Waals surface area (Å²) in [6, 6.07) is 14.6. The molecule has 0 spiro atoms. The summed E-state index contributed by atoms with van der Waals surface area (Å²) in [5.74, 6) is 0. The Kier molecular flexibility index (Phi) is 2.77. The highest BCUT2D eigenvalue weighted by molar-refractivity contribution is 7.99. The van der Waals surface area contributed by atoms with Crippen molar-refractivity contribution < 1.29 is 0 Å². The summed E-state index contributed by atoms with van der Waals surface area (Å²) >= 11 is 7.85. The third-order valence-electron chi connectivity index (χ3n) is 2.90. The number of rotatable bonds is 1. The van der Waals surface area contributed by atoms with Crippen LogP contribution in [0.25, 0.3) is 0 Å². The standard InChI is InChI=1S/C14H12ClNS/c1-2-16-11-5-3-4-6-13(11)17-14-9-10(15)7-8-12(14)16/h3-9H,2H2,1H3. The molecule has 0 N–H and O–H groups in total. The average molecular weight is 262 g/mol. The second-order valence-corrected chi connectivity index (χ2v) is 5.45. The Morgan fingerprint density at radius 3 is 2.65 bits per heavy atom. The summed E-state index contributed by atoms with van der Waals surface area (Å²) in [5.41, 5.74) is 2.54. The fourth-order valence-electron chi connectivity index (χ4n) is 2.15. The first kappa shape index (κ1) is 11.0. The van der Waals surface area contributed by atoms with Gasteiger partial charge in [0.1, 0.15) is 0 Å². The van der Waals surface area contributed by atoms with Crippen LogP contribution in [0, 0.1) is 0 Å². The van der Waals surface area contributed by atoms with Gasteiger partial charge in [-0.05, 0) is 37.3 Å². The summed E-state index contributed by atoms with van der Waals surface area (Å²) < 4.78 is 0. The first-order valence-electron chi connectivity index (χ1n) is 5.63. The summed E-state index contributed by atoms with van der Waals surface area (Å²) in [5, 5.41) is 0.798. The van der Waals surface area contributed by atoms with Gasteiger partial charge in [-0.3, -0.25) is 0 Å². The molecule has 0 fully saturated rings. The molecule has 0 aliphatic carbocycles. The minimum absolute atomic E-state index is 0.798. The molecule has 1 heterocycles. The van der Waals surface area contributed by atoms with E-state index >= 15 is 0 Å². The maximum atomic E-state index is 6.06. The van der Waals surface area contributed by atoms with Crippen LogP contribution in [-0.2, 0) is 0 Å². The van der Waals surface area contributed by atoms with E-state index in [-0.39, 0.29) is 0 Å². The highest BCUT2D eigenvalue weighted by Gasteiger charge is 2.21. The predicted molar refractivity (Wildman–Crippen MR) is 74.7 cm³/mol. The molecule has 1 nitrogen and oxygen atoms in total. The van der Waals surface area contributed by atoms with Crippen LogP contribution in [0.15, 0.2) is 52.3 Å². The van der Waals surface area contributed by atoms with Gasteiger partial charge in [0.2, 0.25) is 0 Å². The Morgan fingerprint density at radius 1 is 1.06 bits per heavy atom. The number of anilines is 2. The predicted octanol–water partition coefficient (Wildman–Crippen LogP) is 4.96. The number of benzene rings is 2. The van der Waals surface area contributed by atoms with E-state index in [2.05, 4.69) is 42.2 Å². The van der Waals surface area contributed by atoms with Gasteiger partial charge < -0.3 is 4.90 Å².